The highest BCUT2D eigenvalue weighted by Crippen LogP contribution is 2.40. The normalized spacial score (nSPS) is 19.9. The van der Waals surface area contributed by atoms with Crippen LogP contribution in [0.1, 0.15) is 17.2 Å². The van der Waals surface area contributed by atoms with Crippen molar-refractivity contribution >= 4 is 32.6 Å². The molecular weight excluding hydrogens is 406 g/mol. The predicted octanol–water partition coefficient (Wildman–Crippen LogP) is 4.44. The lowest BCUT2D eigenvalue weighted by molar-refractivity contribution is 0.174. The molecule has 1 saturated heterocycles. The highest BCUT2D eigenvalue weighted by molar-refractivity contribution is 7.99. The lowest BCUT2D eigenvalue weighted by atomic mass is 10.1. The van der Waals surface area contributed by atoms with Gasteiger partial charge in [-0.15, -0.1) is 0 Å². The Labute approximate surface area is 174 Å². The summed E-state index contributed by atoms with van der Waals surface area (Å²) in [6.45, 7) is 1.27. The zero-order valence-corrected chi connectivity index (χ0v) is 17.4. The summed E-state index contributed by atoms with van der Waals surface area (Å²) in [6.07, 6.45) is 0.761. The van der Waals surface area contributed by atoms with Crippen LogP contribution in [0, 0.1) is 0 Å². The number of sulfonamides is 1. The molecule has 150 valence electrons. The van der Waals surface area contributed by atoms with Gasteiger partial charge in [0.2, 0.25) is 16.8 Å². The Bertz CT molecular complexity index is 1160. The summed E-state index contributed by atoms with van der Waals surface area (Å²) in [5, 5.41) is 2.22. The maximum atomic E-state index is 13.3. The average molecular weight is 428 g/mol. The Hall–Kier alpha value is -2.22. The van der Waals surface area contributed by atoms with Gasteiger partial charge in [-0.2, -0.15) is 16.1 Å². The minimum absolute atomic E-state index is 0.237. The molecule has 29 heavy (non-hydrogen) atoms. The number of hydrogen-bond acceptors (Lipinski definition) is 5. The second kappa shape index (κ2) is 7.55. The van der Waals surface area contributed by atoms with Gasteiger partial charge in [0.05, 0.1) is 4.90 Å². The lowest BCUT2D eigenvalue weighted by Crippen LogP contribution is -2.33. The molecule has 0 saturated carbocycles. The van der Waals surface area contributed by atoms with Crippen molar-refractivity contribution in [1.29, 1.82) is 0 Å². The molecule has 0 radical (unpaired) electrons. The van der Waals surface area contributed by atoms with Crippen LogP contribution in [0.25, 0.3) is 10.8 Å². The molecule has 0 bridgehead atoms. The van der Waals surface area contributed by atoms with E-state index in [0.29, 0.717) is 18.0 Å². The molecule has 0 spiro atoms. The standard InChI is InChI=1S/C22H21NO4S2/c24-29(25,19-7-5-16-3-1-2-4-17(16)13-19)23-10-9-22(28-12-11-23)18-6-8-20-21(14-18)27-15-26-20/h1-8,13-14,22H,9-12,15H2. The average Bonchev–Trinajstić information content (AvgIpc) is 3.07. The Morgan fingerprint density at radius 2 is 1.72 bits per heavy atom. The molecule has 2 aliphatic rings. The molecular formula is C22H21NO4S2. The van der Waals surface area contributed by atoms with Crippen molar-refractivity contribution in [3.8, 4) is 11.5 Å². The van der Waals surface area contributed by atoms with E-state index >= 15 is 0 Å². The number of benzene rings is 3. The molecule has 0 N–H and O–H groups in total. The van der Waals surface area contributed by atoms with E-state index in [1.54, 1.807) is 28.2 Å². The summed E-state index contributed by atoms with van der Waals surface area (Å²) in [5.41, 5.74) is 1.16. The van der Waals surface area contributed by atoms with Crippen LogP contribution in [-0.4, -0.2) is 38.4 Å². The number of ether oxygens (including phenoxy) is 2. The summed E-state index contributed by atoms with van der Waals surface area (Å²) in [4.78, 5) is 0.364. The van der Waals surface area contributed by atoms with E-state index in [-0.39, 0.29) is 12.0 Å². The van der Waals surface area contributed by atoms with Crippen LogP contribution in [0.3, 0.4) is 0 Å². The first kappa shape index (κ1) is 18.8. The molecule has 7 heteroatoms. The second-order valence-corrected chi connectivity index (χ2v) is 10.4. The van der Waals surface area contributed by atoms with Crippen molar-refractivity contribution in [2.24, 2.45) is 0 Å². The first-order valence-electron chi connectivity index (χ1n) is 9.61. The highest BCUT2D eigenvalue weighted by atomic mass is 32.2. The van der Waals surface area contributed by atoms with Gasteiger partial charge in [-0.25, -0.2) is 8.42 Å². The summed E-state index contributed by atoms with van der Waals surface area (Å²) < 4.78 is 39.0. The number of hydrogen-bond donors (Lipinski definition) is 0. The minimum Gasteiger partial charge on any atom is -0.454 e. The van der Waals surface area contributed by atoms with E-state index in [4.69, 9.17) is 9.47 Å². The van der Waals surface area contributed by atoms with Crippen molar-refractivity contribution in [1.82, 2.24) is 4.31 Å². The molecule has 2 aliphatic heterocycles. The van der Waals surface area contributed by atoms with Gasteiger partial charge >= 0.3 is 0 Å². The predicted molar refractivity (Wildman–Crippen MR) is 115 cm³/mol. The Balaban J connectivity index is 1.36. The number of rotatable bonds is 3. The molecule has 1 atom stereocenters. The lowest BCUT2D eigenvalue weighted by Gasteiger charge is -2.20. The van der Waals surface area contributed by atoms with Gasteiger partial charge in [-0.1, -0.05) is 36.4 Å². The van der Waals surface area contributed by atoms with Crippen molar-refractivity contribution in [3.05, 3.63) is 66.2 Å². The van der Waals surface area contributed by atoms with E-state index in [9.17, 15) is 8.42 Å². The minimum atomic E-state index is -3.52. The third-order valence-corrected chi connectivity index (χ3v) is 8.65. The molecule has 3 aromatic rings. The number of fused-ring (bicyclic) bond motifs is 2. The quantitative estimate of drug-likeness (QED) is 0.619. The Morgan fingerprint density at radius 3 is 2.62 bits per heavy atom. The smallest absolute Gasteiger partial charge is 0.243 e. The van der Waals surface area contributed by atoms with Crippen molar-refractivity contribution in [3.63, 3.8) is 0 Å². The molecule has 0 aromatic heterocycles. The van der Waals surface area contributed by atoms with Gasteiger partial charge in [0, 0.05) is 24.1 Å². The van der Waals surface area contributed by atoms with Gasteiger partial charge in [-0.3, -0.25) is 0 Å². The maximum absolute atomic E-state index is 13.3. The summed E-state index contributed by atoms with van der Waals surface area (Å²) in [7, 11) is -3.52. The molecule has 5 rings (SSSR count). The third-order valence-electron chi connectivity index (χ3n) is 5.43. The topological polar surface area (TPSA) is 55.8 Å². The number of nitrogens with zero attached hydrogens (tertiary/aromatic N) is 1. The largest absolute Gasteiger partial charge is 0.454 e. The monoisotopic (exact) mass is 427 g/mol. The molecule has 1 fully saturated rings. The maximum Gasteiger partial charge on any atom is 0.243 e. The van der Waals surface area contributed by atoms with Crippen molar-refractivity contribution in [2.45, 2.75) is 16.6 Å². The Kier molecular flexibility index (Phi) is 4.89. The van der Waals surface area contributed by atoms with Crippen LogP contribution in [0.2, 0.25) is 0 Å². The van der Waals surface area contributed by atoms with Crippen LogP contribution < -0.4 is 9.47 Å². The molecule has 0 aliphatic carbocycles. The van der Waals surface area contributed by atoms with Gasteiger partial charge in [0.25, 0.3) is 0 Å². The summed E-state index contributed by atoms with van der Waals surface area (Å²) in [6, 6.07) is 19.2. The molecule has 1 unspecified atom stereocenters. The van der Waals surface area contributed by atoms with E-state index in [2.05, 4.69) is 6.07 Å². The van der Waals surface area contributed by atoms with Crippen LogP contribution >= 0.6 is 11.8 Å². The zero-order valence-electron chi connectivity index (χ0n) is 15.8. The molecule has 3 aromatic carbocycles. The van der Waals surface area contributed by atoms with Gasteiger partial charge < -0.3 is 9.47 Å². The second-order valence-electron chi connectivity index (χ2n) is 7.17. The number of thioether (sulfide) groups is 1. The highest BCUT2D eigenvalue weighted by Gasteiger charge is 2.29. The van der Waals surface area contributed by atoms with Crippen LogP contribution in [0.5, 0.6) is 11.5 Å². The first-order valence-corrected chi connectivity index (χ1v) is 12.1. The molecule has 0 amide bonds. The van der Waals surface area contributed by atoms with E-state index in [1.807, 2.05) is 42.5 Å². The summed E-state index contributed by atoms with van der Waals surface area (Å²) >= 11 is 1.80. The summed E-state index contributed by atoms with van der Waals surface area (Å²) in [5.74, 6) is 2.30. The van der Waals surface area contributed by atoms with Crippen LogP contribution in [0.15, 0.2) is 65.6 Å². The van der Waals surface area contributed by atoms with E-state index in [1.165, 1.54) is 0 Å². The fourth-order valence-corrected chi connectivity index (χ4v) is 6.68. The fourth-order valence-electron chi connectivity index (χ4n) is 3.85. The van der Waals surface area contributed by atoms with E-state index < -0.39 is 10.0 Å². The van der Waals surface area contributed by atoms with Crippen LogP contribution in [-0.2, 0) is 10.0 Å². The molecule has 2 heterocycles. The zero-order chi connectivity index (χ0) is 19.8. The van der Waals surface area contributed by atoms with Crippen molar-refractivity contribution < 1.29 is 17.9 Å². The fraction of sp³-hybridized carbons (Fsp3) is 0.273. The van der Waals surface area contributed by atoms with Gasteiger partial charge in [-0.05, 0) is 47.0 Å². The van der Waals surface area contributed by atoms with Gasteiger partial charge in [0.15, 0.2) is 11.5 Å². The van der Waals surface area contributed by atoms with E-state index in [0.717, 1.165) is 40.0 Å². The van der Waals surface area contributed by atoms with Crippen molar-refractivity contribution in [2.75, 3.05) is 25.6 Å². The SMILES string of the molecule is O=S(=O)(c1ccc2ccccc2c1)N1CCSC(c2ccc3c(c2)OCO3)CC1. The van der Waals surface area contributed by atoms with Gasteiger partial charge in [0.1, 0.15) is 0 Å². The van der Waals surface area contributed by atoms with Crippen LogP contribution in [0.4, 0.5) is 0 Å². The third kappa shape index (κ3) is 3.58. The first-order chi connectivity index (χ1) is 14.1. The Morgan fingerprint density at radius 1 is 0.897 bits per heavy atom. The molecule has 5 nitrogen and oxygen atoms in total.